The standard InChI is InChI=1S/C17H18Br2O2/c1-17(20,10-12-3-6-14(18)7-4-12)11-13-5-8-16(21-2)15(19)9-13/h3-9,20H,10-11H2,1-2H3. The Bertz CT molecular complexity index is 607. The molecule has 1 unspecified atom stereocenters. The molecule has 0 saturated carbocycles. The zero-order valence-electron chi connectivity index (χ0n) is 12.1. The van der Waals surface area contributed by atoms with Crippen LogP contribution in [0.1, 0.15) is 18.1 Å². The number of methoxy groups -OCH3 is 1. The molecule has 2 rings (SSSR count). The highest BCUT2D eigenvalue weighted by Crippen LogP contribution is 2.28. The Morgan fingerprint density at radius 2 is 1.57 bits per heavy atom. The van der Waals surface area contributed by atoms with Crippen LogP contribution in [0.2, 0.25) is 0 Å². The van der Waals surface area contributed by atoms with Crippen molar-refractivity contribution >= 4 is 31.9 Å². The number of rotatable bonds is 5. The van der Waals surface area contributed by atoms with E-state index in [1.807, 2.05) is 49.4 Å². The van der Waals surface area contributed by atoms with Crippen LogP contribution in [-0.4, -0.2) is 17.8 Å². The average molecular weight is 414 g/mol. The van der Waals surface area contributed by atoms with Crippen molar-refractivity contribution in [3.8, 4) is 5.75 Å². The molecule has 112 valence electrons. The molecule has 0 aromatic heterocycles. The SMILES string of the molecule is COc1ccc(CC(C)(O)Cc2ccc(Br)cc2)cc1Br. The van der Waals surface area contributed by atoms with Gasteiger partial charge in [-0.2, -0.15) is 0 Å². The van der Waals surface area contributed by atoms with E-state index in [1.165, 1.54) is 0 Å². The first-order valence-corrected chi connectivity index (χ1v) is 8.27. The van der Waals surface area contributed by atoms with Gasteiger partial charge in [0.05, 0.1) is 17.2 Å². The average Bonchev–Trinajstić information content (AvgIpc) is 2.41. The van der Waals surface area contributed by atoms with Crippen molar-refractivity contribution in [2.24, 2.45) is 0 Å². The molecular weight excluding hydrogens is 396 g/mol. The Hall–Kier alpha value is -0.840. The molecule has 1 N–H and O–H groups in total. The van der Waals surface area contributed by atoms with Crippen molar-refractivity contribution in [1.82, 2.24) is 0 Å². The fourth-order valence-corrected chi connectivity index (χ4v) is 3.22. The molecule has 0 saturated heterocycles. The van der Waals surface area contributed by atoms with Gasteiger partial charge in [0.2, 0.25) is 0 Å². The van der Waals surface area contributed by atoms with E-state index in [2.05, 4.69) is 31.9 Å². The molecule has 2 aromatic carbocycles. The maximum absolute atomic E-state index is 10.6. The van der Waals surface area contributed by atoms with Crippen molar-refractivity contribution in [2.75, 3.05) is 7.11 Å². The lowest BCUT2D eigenvalue weighted by atomic mass is 9.90. The minimum atomic E-state index is -0.790. The van der Waals surface area contributed by atoms with Gasteiger partial charge in [0, 0.05) is 17.3 Å². The minimum absolute atomic E-state index is 0.589. The number of halogens is 2. The van der Waals surface area contributed by atoms with Gasteiger partial charge in [-0.15, -0.1) is 0 Å². The first kappa shape index (κ1) is 16.5. The van der Waals surface area contributed by atoms with E-state index in [4.69, 9.17) is 4.74 Å². The molecule has 0 bridgehead atoms. The Morgan fingerprint density at radius 1 is 1.00 bits per heavy atom. The quantitative estimate of drug-likeness (QED) is 0.765. The van der Waals surface area contributed by atoms with Crippen LogP contribution in [0.15, 0.2) is 51.4 Å². The predicted octanol–water partition coefficient (Wildman–Crippen LogP) is 4.76. The highest BCUT2D eigenvalue weighted by atomic mass is 79.9. The summed E-state index contributed by atoms with van der Waals surface area (Å²) >= 11 is 6.90. The molecule has 4 heteroatoms. The second-order valence-electron chi connectivity index (χ2n) is 5.45. The Kier molecular flexibility index (Phi) is 5.47. The summed E-state index contributed by atoms with van der Waals surface area (Å²) in [5.41, 5.74) is 1.41. The summed E-state index contributed by atoms with van der Waals surface area (Å²) in [6, 6.07) is 13.9. The van der Waals surface area contributed by atoms with Crippen LogP contribution in [0.4, 0.5) is 0 Å². The normalized spacial score (nSPS) is 13.8. The summed E-state index contributed by atoms with van der Waals surface area (Å²) in [5.74, 6) is 0.798. The Morgan fingerprint density at radius 3 is 2.14 bits per heavy atom. The molecule has 0 heterocycles. The zero-order valence-corrected chi connectivity index (χ0v) is 15.2. The van der Waals surface area contributed by atoms with Crippen LogP contribution < -0.4 is 4.74 Å². The van der Waals surface area contributed by atoms with E-state index < -0.39 is 5.60 Å². The smallest absolute Gasteiger partial charge is 0.133 e. The summed E-state index contributed by atoms with van der Waals surface area (Å²) in [6.07, 6.45) is 1.20. The molecule has 21 heavy (non-hydrogen) atoms. The van der Waals surface area contributed by atoms with Crippen molar-refractivity contribution in [1.29, 1.82) is 0 Å². The second kappa shape index (κ2) is 6.95. The lowest BCUT2D eigenvalue weighted by molar-refractivity contribution is 0.0608. The molecule has 2 nitrogen and oxygen atoms in total. The summed E-state index contributed by atoms with van der Waals surface area (Å²) in [5, 5.41) is 10.6. The fourth-order valence-electron chi connectivity index (χ4n) is 2.36. The van der Waals surface area contributed by atoms with E-state index in [-0.39, 0.29) is 0 Å². The molecule has 0 spiro atoms. The molecular formula is C17H18Br2O2. The Labute approximate surface area is 142 Å². The third-order valence-corrected chi connectivity index (χ3v) is 4.45. The number of aliphatic hydroxyl groups is 1. The first-order chi connectivity index (χ1) is 9.89. The minimum Gasteiger partial charge on any atom is -0.496 e. The number of ether oxygens (including phenoxy) is 1. The van der Waals surface area contributed by atoms with Crippen LogP contribution >= 0.6 is 31.9 Å². The van der Waals surface area contributed by atoms with Gasteiger partial charge in [-0.1, -0.05) is 34.1 Å². The predicted molar refractivity (Wildman–Crippen MR) is 92.9 cm³/mol. The van der Waals surface area contributed by atoms with Gasteiger partial charge in [-0.3, -0.25) is 0 Å². The van der Waals surface area contributed by atoms with Crippen molar-refractivity contribution in [3.63, 3.8) is 0 Å². The highest BCUT2D eigenvalue weighted by molar-refractivity contribution is 9.10. The van der Waals surface area contributed by atoms with Crippen molar-refractivity contribution in [2.45, 2.75) is 25.4 Å². The second-order valence-corrected chi connectivity index (χ2v) is 7.22. The maximum atomic E-state index is 10.6. The van der Waals surface area contributed by atoms with Gasteiger partial charge < -0.3 is 9.84 Å². The van der Waals surface area contributed by atoms with Gasteiger partial charge >= 0.3 is 0 Å². The van der Waals surface area contributed by atoms with Crippen LogP contribution in [-0.2, 0) is 12.8 Å². The number of hydrogen-bond acceptors (Lipinski definition) is 2. The Balaban J connectivity index is 2.09. The van der Waals surface area contributed by atoms with E-state index in [0.29, 0.717) is 12.8 Å². The van der Waals surface area contributed by atoms with E-state index >= 15 is 0 Å². The first-order valence-electron chi connectivity index (χ1n) is 6.69. The van der Waals surface area contributed by atoms with Gasteiger partial charge in [-0.05, 0) is 58.2 Å². The summed E-state index contributed by atoms with van der Waals surface area (Å²) in [4.78, 5) is 0. The van der Waals surface area contributed by atoms with E-state index in [1.54, 1.807) is 7.11 Å². The third kappa shape index (κ3) is 4.83. The van der Waals surface area contributed by atoms with Crippen molar-refractivity contribution < 1.29 is 9.84 Å². The molecule has 0 amide bonds. The monoisotopic (exact) mass is 412 g/mol. The molecule has 0 aliphatic carbocycles. The molecule has 2 aromatic rings. The highest BCUT2D eigenvalue weighted by Gasteiger charge is 2.22. The lowest BCUT2D eigenvalue weighted by Gasteiger charge is -2.24. The number of hydrogen-bond donors (Lipinski definition) is 1. The lowest BCUT2D eigenvalue weighted by Crippen LogP contribution is -2.30. The topological polar surface area (TPSA) is 29.5 Å². The summed E-state index contributed by atoms with van der Waals surface area (Å²) in [7, 11) is 1.64. The van der Waals surface area contributed by atoms with Gasteiger partial charge in [0.15, 0.2) is 0 Å². The van der Waals surface area contributed by atoms with Gasteiger partial charge in [0.25, 0.3) is 0 Å². The molecule has 0 aliphatic heterocycles. The van der Waals surface area contributed by atoms with Crippen LogP contribution in [0.25, 0.3) is 0 Å². The van der Waals surface area contributed by atoms with Gasteiger partial charge in [-0.25, -0.2) is 0 Å². The summed E-state index contributed by atoms with van der Waals surface area (Å²) < 4.78 is 7.17. The van der Waals surface area contributed by atoms with E-state index in [0.717, 1.165) is 25.8 Å². The largest absolute Gasteiger partial charge is 0.496 e. The van der Waals surface area contributed by atoms with Crippen LogP contribution in [0.3, 0.4) is 0 Å². The maximum Gasteiger partial charge on any atom is 0.133 e. The molecule has 0 fully saturated rings. The molecule has 0 aliphatic rings. The third-order valence-electron chi connectivity index (χ3n) is 3.30. The van der Waals surface area contributed by atoms with Crippen LogP contribution in [0.5, 0.6) is 5.75 Å². The molecule has 1 atom stereocenters. The summed E-state index contributed by atoms with van der Waals surface area (Å²) in [6.45, 7) is 1.87. The number of benzene rings is 2. The van der Waals surface area contributed by atoms with Crippen LogP contribution in [0, 0.1) is 0 Å². The van der Waals surface area contributed by atoms with Gasteiger partial charge in [0.1, 0.15) is 5.75 Å². The zero-order chi connectivity index (χ0) is 15.5. The van der Waals surface area contributed by atoms with E-state index in [9.17, 15) is 5.11 Å². The fraction of sp³-hybridized carbons (Fsp3) is 0.294. The molecule has 0 radical (unpaired) electrons. The van der Waals surface area contributed by atoms with Crippen molar-refractivity contribution in [3.05, 3.63) is 62.5 Å².